The molecule has 4 rings (SSSR count). The summed E-state index contributed by atoms with van der Waals surface area (Å²) in [7, 11) is 0. The van der Waals surface area contributed by atoms with Crippen molar-refractivity contribution in [2.24, 2.45) is 0 Å². The van der Waals surface area contributed by atoms with Gasteiger partial charge in [-0.2, -0.15) is 13.2 Å². The number of amides is 1. The standard InChI is InChI=1S/C20H19F4N5OS/c21-14-4-6-15(7-5-14)29-18(16-3-1-12-31-16)25-17(26-29)19(30)28-9-2-8-27(10-11-28)13-20(22,23)24/h1,3-7,12H,2,8-11,13H2. The van der Waals surface area contributed by atoms with Crippen LogP contribution in [-0.4, -0.2) is 69.4 Å². The minimum Gasteiger partial charge on any atom is -0.335 e. The van der Waals surface area contributed by atoms with Gasteiger partial charge in [0.05, 0.1) is 17.1 Å². The van der Waals surface area contributed by atoms with E-state index >= 15 is 0 Å². The van der Waals surface area contributed by atoms with Crippen molar-refractivity contribution in [2.45, 2.75) is 12.6 Å². The summed E-state index contributed by atoms with van der Waals surface area (Å²) < 4.78 is 52.9. The summed E-state index contributed by atoms with van der Waals surface area (Å²) in [4.78, 5) is 21.0. The summed E-state index contributed by atoms with van der Waals surface area (Å²) in [6, 6.07) is 9.34. The SMILES string of the molecule is O=C(c1nc(-c2cccs2)n(-c2ccc(F)cc2)n1)N1CCCN(CC(F)(F)F)CC1. The Morgan fingerprint density at radius 1 is 1.06 bits per heavy atom. The normalized spacial score (nSPS) is 15.8. The molecule has 0 atom stereocenters. The zero-order chi connectivity index (χ0) is 22.0. The van der Waals surface area contributed by atoms with E-state index in [0.29, 0.717) is 24.5 Å². The maximum Gasteiger partial charge on any atom is 0.401 e. The second-order valence-electron chi connectivity index (χ2n) is 7.16. The van der Waals surface area contributed by atoms with Crippen molar-refractivity contribution in [3.8, 4) is 16.4 Å². The van der Waals surface area contributed by atoms with Gasteiger partial charge in [-0.3, -0.25) is 9.69 Å². The largest absolute Gasteiger partial charge is 0.401 e. The maximum atomic E-state index is 13.3. The van der Waals surface area contributed by atoms with Crippen molar-refractivity contribution in [1.82, 2.24) is 24.6 Å². The van der Waals surface area contributed by atoms with Gasteiger partial charge in [0, 0.05) is 26.2 Å². The van der Waals surface area contributed by atoms with Crippen LogP contribution in [0.3, 0.4) is 0 Å². The first-order chi connectivity index (χ1) is 14.8. The molecule has 3 heterocycles. The van der Waals surface area contributed by atoms with Crippen molar-refractivity contribution in [1.29, 1.82) is 0 Å². The molecule has 0 spiro atoms. The Morgan fingerprint density at radius 2 is 1.84 bits per heavy atom. The van der Waals surface area contributed by atoms with Gasteiger partial charge in [-0.25, -0.2) is 14.1 Å². The number of carbonyl (C=O) groups is 1. The van der Waals surface area contributed by atoms with Crippen LogP contribution >= 0.6 is 11.3 Å². The Kier molecular flexibility index (Phi) is 6.05. The predicted octanol–water partition coefficient (Wildman–Crippen LogP) is 3.85. The van der Waals surface area contributed by atoms with Crippen LogP contribution in [0.5, 0.6) is 0 Å². The summed E-state index contributed by atoms with van der Waals surface area (Å²) in [5, 5.41) is 6.22. The number of aromatic nitrogens is 3. The molecular formula is C20H19F4N5OS. The minimum atomic E-state index is -4.27. The summed E-state index contributed by atoms with van der Waals surface area (Å²) in [5.74, 6) is -0.436. The lowest BCUT2D eigenvalue weighted by molar-refractivity contribution is -0.145. The van der Waals surface area contributed by atoms with Gasteiger partial charge in [-0.1, -0.05) is 6.07 Å². The van der Waals surface area contributed by atoms with E-state index in [1.54, 1.807) is 0 Å². The highest BCUT2D eigenvalue weighted by atomic mass is 32.1. The molecule has 1 aliphatic rings. The van der Waals surface area contributed by atoms with Crippen LogP contribution in [0, 0.1) is 5.82 Å². The van der Waals surface area contributed by atoms with Crippen molar-refractivity contribution in [2.75, 3.05) is 32.7 Å². The third-order valence-corrected chi connectivity index (χ3v) is 5.76. The van der Waals surface area contributed by atoms with Crippen LogP contribution in [0.4, 0.5) is 17.6 Å². The second kappa shape index (κ2) is 8.75. The van der Waals surface area contributed by atoms with E-state index < -0.39 is 24.4 Å². The maximum absolute atomic E-state index is 13.3. The van der Waals surface area contributed by atoms with Gasteiger partial charge in [-0.05, 0) is 42.1 Å². The molecule has 1 saturated heterocycles. The highest BCUT2D eigenvalue weighted by Gasteiger charge is 2.32. The monoisotopic (exact) mass is 453 g/mol. The number of halogens is 4. The number of thiophene rings is 1. The molecule has 1 aliphatic heterocycles. The van der Waals surface area contributed by atoms with E-state index in [4.69, 9.17) is 0 Å². The first-order valence-corrected chi connectivity index (χ1v) is 10.5. The molecule has 2 aromatic heterocycles. The molecule has 164 valence electrons. The van der Waals surface area contributed by atoms with Crippen molar-refractivity contribution >= 4 is 17.2 Å². The summed E-state index contributed by atoms with van der Waals surface area (Å²) in [6.07, 6.45) is -3.84. The minimum absolute atomic E-state index is 0.0444. The van der Waals surface area contributed by atoms with Gasteiger partial charge in [0.1, 0.15) is 5.82 Å². The lowest BCUT2D eigenvalue weighted by Crippen LogP contribution is -2.38. The van der Waals surface area contributed by atoms with Gasteiger partial charge in [0.2, 0.25) is 5.82 Å². The predicted molar refractivity (Wildman–Crippen MR) is 108 cm³/mol. The van der Waals surface area contributed by atoms with Crippen LogP contribution < -0.4 is 0 Å². The Hall–Kier alpha value is -2.79. The number of hydrogen-bond acceptors (Lipinski definition) is 5. The fourth-order valence-electron chi connectivity index (χ4n) is 3.46. The smallest absolute Gasteiger partial charge is 0.335 e. The number of carbonyl (C=O) groups excluding carboxylic acids is 1. The fourth-order valence-corrected chi connectivity index (χ4v) is 4.16. The summed E-state index contributed by atoms with van der Waals surface area (Å²) in [6.45, 7) is -0.112. The Labute approximate surface area is 179 Å². The lowest BCUT2D eigenvalue weighted by atomic mass is 10.3. The van der Waals surface area contributed by atoms with Crippen LogP contribution in [0.25, 0.3) is 16.4 Å². The molecule has 0 N–H and O–H groups in total. The van der Waals surface area contributed by atoms with E-state index in [2.05, 4.69) is 10.1 Å². The second-order valence-corrected chi connectivity index (χ2v) is 8.11. The molecule has 0 radical (unpaired) electrons. The van der Waals surface area contributed by atoms with E-state index in [-0.39, 0.29) is 25.5 Å². The van der Waals surface area contributed by atoms with Crippen LogP contribution in [-0.2, 0) is 0 Å². The van der Waals surface area contributed by atoms with E-state index in [0.717, 1.165) is 4.88 Å². The molecular weight excluding hydrogens is 434 g/mol. The third-order valence-electron chi connectivity index (χ3n) is 4.89. The molecule has 6 nitrogen and oxygen atoms in total. The van der Waals surface area contributed by atoms with Gasteiger partial charge >= 0.3 is 6.18 Å². The highest BCUT2D eigenvalue weighted by Crippen LogP contribution is 2.26. The van der Waals surface area contributed by atoms with E-state index in [1.807, 2.05) is 17.5 Å². The molecule has 1 aromatic carbocycles. The molecule has 0 unspecified atom stereocenters. The third kappa shape index (κ3) is 5.10. The van der Waals surface area contributed by atoms with Crippen molar-refractivity contribution in [3.63, 3.8) is 0 Å². The lowest BCUT2D eigenvalue weighted by Gasteiger charge is -2.22. The first kappa shape index (κ1) is 21.4. The van der Waals surface area contributed by atoms with Crippen LogP contribution in [0.1, 0.15) is 17.0 Å². The quantitative estimate of drug-likeness (QED) is 0.564. The zero-order valence-corrected chi connectivity index (χ0v) is 17.2. The van der Waals surface area contributed by atoms with Crippen LogP contribution in [0.2, 0.25) is 0 Å². The van der Waals surface area contributed by atoms with Crippen molar-refractivity contribution in [3.05, 3.63) is 53.4 Å². The average molecular weight is 453 g/mol. The molecule has 1 amide bonds. The van der Waals surface area contributed by atoms with Crippen molar-refractivity contribution < 1.29 is 22.4 Å². The van der Waals surface area contributed by atoms with E-state index in [1.165, 1.54) is 50.1 Å². The number of benzene rings is 1. The van der Waals surface area contributed by atoms with Gasteiger partial charge < -0.3 is 4.90 Å². The number of hydrogen-bond donors (Lipinski definition) is 0. The summed E-state index contributed by atoms with van der Waals surface area (Å²) >= 11 is 1.42. The topological polar surface area (TPSA) is 54.3 Å². The number of nitrogens with zero attached hydrogens (tertiary/aromatic N) is 5. The molecule has 11 heteroatoms. The Balaban J connectivity index is 1.58. The summed E-state index contributed by atoms with van der Waals surface area (Å²) in [5.41, 5.74) is 0.545. The average Bonchev–Trinajstić information content (AvgIpc) is 3.34. The van der Waals surface area contributed by atoms with Crippen LogP contribution in [0.15, 0.2) is 41.8 Å². The zero-order valence-electron chi connectivity index (χ0n) is 16.3. The molecule has 0 aliphatic carbocycles. The van der Waals surface area contributed by atoms with E-state index in [9.17, 15) is 22.4 Å². The van der Waals surface area contributed by atoms with Gasteiger partial charge in [0.15, 0.2) is 5.82 Å². The molecule has 0 bridgehead atoms. The Morgan fingerprint density at radius 3 is 2.52 bits per heavy atom. The molecule has 31 heavy (non-hydrogen) atoms. The Bertz CT molecular complexity index is 1030. The molecule has 0 saturated carbocycles. The fraction of sp³-hybridized carbons (Fsp3) is 0.350. The number of alkyl halides is 3. The highest BCUT2D eigenvalue weighted by molar-refractivity contribution is 7.13. The number of rotatable bonds is 4. The van der Waals surface area contributed by atoms with Gasteiger partial charge in [0.25, 0.3) is 5.91 Å². The molecule has 1 fully saturated rings. The molecule has 3 aromatic rings. The van der Waals surface area contributed by atoms with Gasteiger partial charge in [-0.15, -0.1) is 16.4 Å². The first-order valence-electron chi connectivity index (χ1n) is 9.65.